The van der Waals surface area contributed by atoms with Crippen LogP contribution in [0.1, 0.15) is 64.4 Å². The third-order valence-electron chi connectivity index (χ3n) is 7.32. The molecule has 1 aromatic rings. The summed E-state index contributed by atoms with van der Waals surface area (Å²) in [4.78, 5) is 16.5. The van der Waals surface area contributed by atoms with Crippen molar-refractivity contribution in [3.8, 4) is 5.75 Å². The van der Waals surface area contributed by atoms with E-state index in [0.29, 0.717) is 6.04 Å². The quantitative estimate of drug-likeness (QED) is 0.429. The molecule has 1 aliphatic carbocycles. The summed E-state index contributed by atoms with van der Waals surface area (Å²) in [5.41, 5.74) is 1.37. The van der Waals surface area contributed by atoms with Crippen molar-refractivity contribution >= 4 is 34.2 Å². The second kappa shape index (κ2) is 13.1. The maximum atomic E-state index is 11.8. The average molecular weight is 516 g/mol. The van der Waals surface area contributed by atoms with E-state index in [0.717, 1.165) is 30.6 Å². The molecule has 2 aliphatic rings. The summed E-state index contributed by atoms with van der Waals surface area (Å²) in [5.74, 6) is 2.81. The number of nitrogens with zero attached hydrogens (tertiary/aromatic N) is 2. The number of carbonyl (C=O) groups excluding carboxylic acids is 1. The predicted molar refractivity (Wildman–Crippen MR) is 134 cm³/mol. The monoisotopic (exact) mass is 514 g/mol. The van der Waals surface area contributed by atoms with Gasteiger partial charge in [0, 0.05) is 24.0 Å². The standard InChI is InChI=1S/C25H39BrN2O2.ClH/c1-4-28(19(2)29)23-7-5-20(6-8-23)11-14-27-15-12-21(13-16-27)17-22-18-24(30-3)9-10-25(22)26;/h9-10,18,20-21,23H,4-8,11-17H2,1-3H3;1H. The second-order valence-electron chi connectivity index (χ2n) is 9.21. The fourth-order valence-corrected chi connectivity index (χ4v) is 5.82. The Morgan fingerprint density at radius 3 is 2.39 bits per heavy atom. The van der Waals surface area contributed by atoms with Gasteiger partial charge in [-0.2, -0.15) is 0 Å². The number of carbonyl (C=O) groups is 1. The molecule has 0 bridgehead atoms. The van der Waals surface area contributed by atoms with Crippen LogP contribution in [0.2, 0.25) is 0 Å². The molecule has 176 valence electrons. The third-order valence-corrected chi connectivity index (χ3v) is 8.10. The zero-order valence-electron chi connectivity index (χ0n) is 19.4. The Hall–Kier alpha value is -0.780. The number of piperidine rings is 1. The molecule has 0 unspecified atom stereocenters. The highest BCUT2D eigenvalue weighted by Crippen LogP contribution is 2.31. The highest BCUT2D eigenvalue weighted by atomic mass is 79.9. The number of halogens is 2. The first-order chi connectivity index (χ1) is 14.5. The number of likely N-dealkylation sites (tertiary alicyclic amines) is 1. The van der Waals surface area contributed by atoms with Crippen LogP contribution < -0.4 is 4.74 Å². The lowest BCUT2D eigenvalue weighted by Gasteiger charge is -2.37. The second-order valence-corrected chi connectivity index (χ2v) is 10.1. The summed E-state index contributed by atoms with van der Waals surface area (Å²) in [5, 5.41) is 0. The zero-order valence-corrected chi connectivity index (χ0v) is 21.8. The Kier molecular flexibility index (Phi) is 11.1. The number of hydrogen-bond donors (Lipinski definition) is 0. The fourth-order valence-electron chi connectivity index (χ4n) is 5.41. The van der Waals surface area contributed by atoms with Gasteiger partial charge in [0.25, 0.3) is 0 Å². The van der Waals surface area contributed by atoms with Crippen LogP contribution in [-0.2, 0) is 11.2 Å². The van der Waals surface area contributed by atoms with Crippen molar-refractivity contribution in [3.63, 3.8) is 0 Å². The minimum Gasteiger partial charge on any atom is -0.497 e. The van der Waals surface area contributed by atoms with Gasteiger partial charge in [-0.3, -0.25) is 4.79 Å². The Bertz CT molecular complexity index is 686. The number of rotatable bonds is 8. The van der Waals surface area contributed by atoms with Crippen LogP contribution in [0.4, 0.5) is 0 Å². The minimum atomic E-state index is 0. The van der Waals surface area contributed by atoms with E-state index in [2.05, 4.69) is 44.8 Å². The highest BCUT2D eigenvalue weighted by Gasteiger charge is 2.27. The Morgan fingerprint density at radius 1 is 1.13 bits per heavy atom. The summed E-state index contributed by atoms with van der Waals surface area (Å²) in [6, 6.07) is 6.78. The lowest BCUT2D eigenvalue weighted by atomic mass is 9.83. The molecule has 0 radical (unpaired) electrons. The molecule has 31 heavy (non-hydrogen) atoms. The van der Waals surface area contributed by atoms with Crippen LogP contribution in [0.3, 0.4) is 0 Å². The van der Waals surface area contributed by atoms with Gasteiger partial charge in [0.2, 0.25) is 5.91 Å². The van der Waals surface area contributed by atoms with E-state index < -0.39 is 0 Å². The van der Waals surface area contributed by atoms with Crippen LogP contribution in [0, 0.1) is 11.8 Å². The zero-order chi connectivity index (χ0) is 21.5. The van der Waals surface area contributed by atoms with Gasteiger partial charge in [0.15, 0.2) is 0 Å². The maximum Gasteiger partial charge on any atom is 0.219 e. The lowest BCUT2D eigenvalue weighted by molar-refractivity contribution is -0.131. The topological polar surface area (TPSA) is 32.8 Å². The van der Waals surface area contributed by atoms with Gasteiger partial charge in [-0.15, -0.1) is 12.4 Å². The van der Waals surface area contributed by atoms with E-state index in [1.807, 2.05) is 6.07 Å². The van der Waals surface area contributed by atoms with Crippen molar-refractivity contribution in [1.82, 2.24) is 9.80 Å². The molecule has 1 saturated carbocycles. The van der Waals surface area contributed by atoms with Crippen molar-refractivity contribution in [2.45, 2.75) is 71.3 Å². The molecular weight excluding hydrogens is 476 g/mol. The lowest BCUT2D eigenvalue weighted by Crippen LogP contribution is -2.41. The first-order valence-electron chi connectivity index (χ1n) is 11.8. The van der Waals surface area contributed by atoms with E-state index in [1.54, 1.807) is 14.0 Å². The molecular formula is C25H40BrClN2O2. The first-order valence-corrected chi connectivity index (χ1v) is 12.6. The molecule has 2 fully saturated rings. The van der Waals surface area contributed by atoms with Crippen LogP contribution in [0.25, 0.3) is 0 Å². The number of amides is 1. The van der Waals surface area contributed by atoms with E-state index in [9.17, 15) is 4.79 Å². The van der Waals surface area contributed by atoms with Gasteiger partial charge in [-0.25, -0.2) is 0 Å². The number of hydrogen-bond acceptors (Lipinski definition) is 3. The predicted octanol–water partition coefficient (Wildman–Crippen LogP) is 5.95. The summed E-state index contributed by atoms with van der Waals surface area (Å²) < 4.78 is 6.60. The highest BCUT2D eigenvalue weighted by molar-refractivity contribution is 9.10. The smallest absolute Gasteiger partial charge is 0.219 e. The summed E-state index contributed by atoms with van der Waals surface area (Å²) in [7, 11) is 1.74. The summed E-state index contributed by atoms with van der Waals surface area (Å²) in [6.07, 6.45) is 10.0. The van der Waals surface area contributed by atoms with Gasteiger partial charge >= 0.3 is 0 Å². The van der Waals surface area contributed by atoms with Crippen molar-refractivity contribution in [2.75, 3.05) is 33.3 Å². The molecule has 1 amide bonds. The first kappa shape index (κ1) is 26.5. The van der Waals surface area contributed by atoms with E-state index in [1.165, 1.54) is 74.6 Å². The molecule has 6 heteroatoms. The molecule has 3 rings (SSSR count). The average Bonchev–Trinajstić information content (AvgIpc) is 2.76. The normalized spacial score (nSPS) is 22.6. The molecule has 0 atom stereocenters. The summed E-state index contributed by atoms with van der Waals surface area (Å²) in [6.45, 7) is 8.38. The van der Waals surface area contributed by atoms with Gasteiger partial charge in [0.05, 0.1) is 7.11 Å². The van der Waals surface area contributed by atoms with Gasteiger partial charge in [0.1, 0.15) is 5.75 Å². The van der Waals surface area contributed by atoms with Crippen molar-refractivity contribution in [3.05, 3.63) is 28.2 Å². The van der Waals surface area contributed by atoms with Crippen LogP contribution in [-0.4, -0.2) is 55.0 Å². The van der Waals surface area contributed by atoms with E-state index >= 15 is 0 Å². The molecule has 1 heterocycles. The summed E-state index contributed by atoms with van der Waals surface area (Å²) >= 11 is 3.71. The molecule has 0 N–H and O–H groups in total. The Labute approximate surface area is 203 Å². The number of ether oxygens (including phenoxy) is 1. The molecule has 1 aliphatic heterocycles. The molecule has 0 aromatic heterocycles. The largest absolute Gasteiger partial charge is 0.497 e. The van der Waals surface area contributed by atoms with Gasteiger partial charge < -0.3 is 14.5 Å². The number of benzene rings is 1. The van der Waals surface area contributed by atoms with Gasteiger partial charge in [-0.1, -0.05) is 15.9 Å². The van der Waals surface area contributed by atoms with Gasteiger partial charge in [-0.05, 0) is 114 Å². The minimum absolute atomic E-state index is 0. The maximum absolute atomic E-state index is 11.8. The van der Waals surface area contributed by atoms with Crippen LogP contribution in [0.5, 0.6) is 5.75 Å². The molecule has 1 aromatic carbocycles. The van der Waals surface area contributed by atoms with Crippen molar-refractivity contribution in [2.24, 2.45) is 11.8 Å². The fraction of sp³-hybridized carbons (Fsp3) is 0.720. The van der Waals surface area contributed by atoms with Crippen molar-refractivity contribution < 1.29 is 9.53 Å². The van der Waals surface area contributed by atoms with Crippen LogP contribution >= 0.6 is 28.3 Å². The molecule has 1 saturated heterocycles. The van der Waals surface area contributed by atoms with Crippen molar-refractivity contribution in [1.29, 1.82) is 0 Å². The molecule has 4 nitrogen and oxygen atoms in total. The third kappa shape index (κ3) is 7.64. The Morgan fingerprint density at radius 2 is 1.81 bits per heavy atom. The Balaban J connectivity index is 0.00000341. The van der Waals surface area contributed by atoms with E-state index in [4.69, 9.17) is 4.74 Å². The number of methoxy groups -OCH3 is 1. The SMILES string of the molecule is CCN(C(C)=O)C1CCC(CCN2CCC(Cc3cc(OC)ccc3Br)CC2)CC1.Cl. The molecule has 0 spiro atoms. The van der Waals surface area contributed by atoms with Crippen LogP contribution in [0.15, 0.2) is 22.7 Å². The van der Waals surface area contributed by atoms with E-state index in [-0.39, 0.29) is 18.3 Å².